The average Bonchev–Trinajstić information content (AvgIpc) is 2.49. The molecule has 1 saturated carbocycles. The van der Waals surface area contributed by atoms with Crippen LogP contribution >= 0.6 is 0 Å². The summed E-state index contributed by atoms with van der Waals surface area (Å²) in [5.41, 5.74) is 2.84. The maximum absolute atomic E-state index is 12.4. The van der Waals surface area contributed by atoms with Crippen LogP contribution in [0.25, 0.3) is 0 Å². The number of nitrogens with one attached hydrogen (secondary N) is 1. The summed E-state index contributed by atoms with van der Waals surface area (Å²) in [6.07, 6.45) is 6.05. The Bertz CT molecular complexity index is 664. The van der Waals surface area contributed by atoms with E-state index in [4.69, 9.17) is 0 Å². The summed E-state index contributed by atoms with van der Waals surface area (Å²) in [7, 11) is -3.40. The highest BCUT2D eigenvalue weighted by Crippen LogP contribution is 2.24. The second-order valence-electron chi connectivity index (χ2n) is 6.40. The van der Waals surface area contributed by atoms with Crippen molar-refractivity contribution in [2.45, 2.75) is 52.0 Å². The Morgan fingerprint density at radius 3 is 2.48 bits per heavy atom. The van der Waals surface area contributed by atoms with E-state index < -0.39 is 10.0 Å². The summed E-state index contributed by atoms with van der Waals surface area (Å²) in [6, 6.07) is 5.65. The number of carbonyl (C=O) groups excluding carboxylic acids is 1. The predicted octanol–water partition coefficient (Wildman–Crippen LogP) is 2.84. The Labute approximate surface area is 139 Å². The molecule has 0 unspecified atom stereocenters. The Kier molecular flexibility index (Phi) is 5.81. The van der Waals surface area contributed by atoms with Crippen LogP contribution in [-0.2, 0) is 14.8 Å². The van der Waals surface area contributed by atoms with Crippen LogP contribution in [0.15, 0.2) is 18.2 Å². The van der Waals surface area contributed by atoms with E-state index in [9.17, 15) is 13.2 Å². The van der Waals surface area contributed by atoms with Crippen LogP contribution in [-0.4, -0.2) is 37.5 Å². The molecule has 1 aromatic rings. The number of hydrogen-bond donors (Lipinski definition) is 1. The number of rotatable bonds is 5. The predicted molar refractivity (Wildman–Crippen MR) is 93.0 cm³/mol. The van der Waals surface area contributed by atoms with E-state index in [1.807, 2.05) is 32.0 Å². The summed E-state index contributed by atoms with van der Waals surface area (Å²) in [5, 5.41) is 2.85. The molecule has 0 atom stereocenters. The minimum Gasteiger partial charge on any atom is -0.325 e. The molecular formula is C17H26N2O3S. The molecule has 128 valence electrons. The van der Waals surface area contributed by atoms with E-state index in [-0.39, 0.29) is 18.5 Å². The SMILES string of the molecule is Cc1cccc(NC(=O)CN(C2CCCCC2)S(C)(=O)=O)c1C. The van der Waals surface area contributed by atoms with E-state index in [1.165, 1.54) is 10.6 Å². The summed E-state index contributed by atoms with van der Waals surface area (Å²) < 4.78 is 25.5. The third-order valence-corrected chi connectivity index (χ3v) is 5.87. The summed E-state index contributed by atoms with van der Waals surface area (Å²) in [4.78, 5) is 12.4. The normalized spacial score (nSPS) is 16.5. The molecule has 0 spiro atoms. The van der Waals surface area contributed by atoms with Crippen LogP contribution in [0, 0.1) is 13.8 Å². The molecular weight excluding hydrogens is 312 g/mol. The summed E-state index contributed by atoms with van der Waals surface area (Å²) >= 11 is 0. The molecule has 1 aliphatic carbocycles. The monoisotopic (exact) mass is 338 g/mol. The number of hydrogen-bond acceptors (Lipinski definition) is 3. The number of nitrogens with zero attached hydrogens (tertiary/aromatic N) is 1. The van der Waals surface area contributed by atoms with Crippen molar-refractivity contribution in [1.29, 1.82) is 0 Å². The van der Waals surface area contributed by atoms with Crippen LogP contribution in [0.1, 0.15) is 43.2 Å². The molecule has 6 heteroatoms. The van der Waals surface area contributed by atoms with Crippen molar-refractivity contribution >= 4 is 21.6 Å². The third kappa shape index (κ3) is 4.78. The van der Waals surface area contributed by atoms with E-state index in [0.717, 1.165) is 48.9 Å². The number of aryl methyl sites for hydroxylation is 1. The standard InChI is InChI=1S/C17H26N2O3S/c1-13-8-7-11-16(14(13)2)18-17(20)12-19(23(3,21)22)15-9-5-4-6-10-15/h7-8,11,15H,4-6,9-10,12H2,1-3H3,(H,18,20). The third-order valence-electron chi connectivity index (χ3n) is 4.59. The van der Waals surface area contributed by atoms with Crippen molar-refractivity contribution in [2.24, 2.45) is 0 Å². The highest BCUT2D eigenvalue weighted by atomic mass is 32.2. The first-order chi connectivity index (χ1) is 10.8. The van der Waals surface area contributed by atoms with Gasteiger partial charge in [-0.2, -0.15) is 4.31 Å². The molecule has 1 amide bonds. The first kappa shape index (κ1) is 17.9. The molecule has 0 bridgehead atoms. The molecule has 1 fully saturated rings. The van der Waals surface area contributed by atoms with Crippen molar-refractivity contribution in [3.05, 3.63) is 29.3 Å². The van der Waals surface area contributed by atoms with Gasteiger partial charge in [0.1, 0.15) is 0 Å². The molecule has 0 aliphatic heterocycles. The molecule has 5 nitrogen and oxygen atoms in total. The summed E-state index contributed by atoms with van der Waals surface area (Å²) in [6.45, 7) is 3.81. The largest absolute Gasteiger partial charge is 0.325 e. The smallest absolute Gasteiger partial charge is 0.239 e. The van der Waals surface area contributed by atoms with Gasteiger partial charge in [0.25, 0.3) is 0 Å². The zero-order valence-electron chi connectivity index (χ0n) is 14.1. The lowest BCUT2D eigenvalue weighted by atomic mass is 9.95. The average molecular weight is 338 g/mol. The van der Waals surface area contributed by atoms with Gasteiger partial charge in [-0.15, -0.1) is 0 Å². The Hall–Kier alpha value is -1.40. The van der Waals surface area contributed by atoms with Gasteiger partial charge in [-0.05, 0) is 43.9 Å². The quantitative estimate of drug-likeness (QED) is 0.898. The van der Waals surface area contributed by atoms with Crippen molar-refractivity contribution in [3.63, 3.8) is 0 Å². The maximum atomic E-state index is 12.4. The van der Waals surface area contributed by atoms with Crippen LogP contribution in [0.2, 0.25) is 0 Å². The van der Waals surface area contributed by atoms with Crippen molar-refractivity contribution in [1.82, 2.24) is 4.31 Å². The zero-order valence-corrected chi connectivity index (χ0v) is 14.9. The lowest BCUT2D eigenvalue weighted by Gasteiger charge is -2.31. The molecule has 0 aromatic heterocycles. The van der Waals surface area contributed by atoms with Gasteiger partial charge in [-0.25, -0.2) is 8.42 Å². The van der Waals surface area contributed by atoms with Gasteiger partial charge < -0.3 is 5.32 Å². The molecule has 0 radical (unpaired) electrons. The Balaban J connectivity index is 2.10. The lowest BCUT2D eigenvalue weighted by Crippen LogP contribution is -2.45. The second-order valence-corrected chi connectivity index (χ2v) is 8.33. The number of carbonyl (C=O) groups is 1. The van der Waals surface area contributed by atoms with Crippen LogP contribution in [0.5, 0.6) is 0 Å². The van der Waals surface area contributed by atoms with E-state index >= 15 is 0 Å². The number of benzene rings is 1. The highest BCUT2D eigenvalue weighted by Gasteiger charge is 2.29. The number of sulfonamides is 1. The van der Waals surface area contributed by atoms with Crippen molar-refractivity contribution in [2.75, 3.05) is 18.1 Å². The Morgan fingerprint density at radius 1 is 1.22 bits per heavy atom. The minimum atomic E-state index is -3.40. The van der Waals surface area contributed by atoms with Gasteiger partial charge in [0.05, 0.1) is 12.8 Å². The molecule has 1 N–H and O–H groups in total. The molecule has 0 heterocycles. The van der Waals surface area contributed by atoms with Gasteiger partial charge in [0, 0.05) is 11.7 Å². The van der Waals surface area contributed by atoms with E-state index in [2.05, 4.69) is 5.32 Å². The fourth-order valence-corrected chi connectivity index (χ4v) is 4.21. The fourth-order valence-electron chi connectivity index (χ4n) is 3.10. The zero-order chi connectivity index (χ0) is 17.0. The summed E-state index contributed by atoms with van der Waals surface area (Å²) in [5.74, 6) is -0.283. The molecule has 1 aromatic carbocycles. The highest BCUT2D eigenvalue weighted by molar-refractivity contribution is 7.88. The van der Waals surface area contributed by atoms with Gasteiger partial charge >= 0.3 is 0 Å². The minimum absolute atomic E-state index is 0.0527. The van der Waals surface area contributed by atoms with Gasteiger partial charge in [-0.3, -0.25) is 4.79 Å². The lowest BCUT2D eigenvalue weighted by molar-refractivity contribution is -0.116. The molecule has 0 saturated heterocycles. The fraction of sp³-hybridized carbons (Fsp3) is 0.588. The molecule has 23 heavy (non-hydrogen) atoms. The van der Waals surface area contributed by atoms with Gasteiger partial charge in [0.15, 0.2) is 0 Å². The first-order valence-corrected chi connectivity index (χ1v) is 9.97. The van der Waals surface area contributed by atoms with Crippen molar-refractivity contribution < 1.29 is 13.2 Å². The maximum Gasteiger partial charge on any atom is 0.239 e. The van der Waals surface area contributed by atoms with E-state index in [0.29, 0.717) is 0 Å². The second kappa shape index (κ2) is 7.45. The molecule has 2 rings (SSSR count). The topological polar surface area (TPSA) is 66.5 Å². The van der Waals surface area contributed by atoms with Crippen LogP contribution in [0.4, 0.5) is 5.69 Å². The first-order valence-electron chi connectivity index (χ1n) is 8.12. The van der Waals surface area contributed by atoms with Gasteiger partial charge in [0.2, 0.25) is 15.9 Å². The number of amides is 1. The van der Waals surface area contributed by atoms with Crippen LogP contribution < -0.4 is 5.32 Å². The van der Waals surface area contributed by atoms with Gasteiger partial charge in [-0.1, -0.05) is 31.4 Å². The molecule has 1 aliphatic rings. The van der Waals surface area contributed by atoms with E-state index in [1.54, 1.807) is 0 Å². The number of anilines is 1. The van der Waals surface area contributed by atoms with Crippen LogP contribution in [0.3, 0.4) is 0 Å². The Morgan fingerprint density at radius 2 is 1.87 bits per heavy atom. The van der Waals surface area contributed by atoms with Crippen molar-refractivity contribution in [3.8, 4) is 0 Å².